The van der Waals surface area contributed by atoms with Gasteiger partial charge in [-0.2, -0.15) is 0 Å². The van der Waals surface area contributed by atoms with E-state index in [-0.39, 0.29) is 5.76 Å². The summed E-state index contributed by atoms with van der Waals surface area (Å²) in [6.45, 7) is 3.26. The molecule has 0 saturated carbocycles. The molecule has 0 fully saturated rings. The molecule has 0 aromatic carbocycles. The fourth-order valence-electron chi connectivity index (χ4n) is 1.50. The Balaban J connectivity index is 2.32. The number of aromatic carboxylic acids is 1. The van der Waals surface area contributed by atoms with Gasteiger partial charge in [-0.1, -0.05) is 0 Å². The molecule has 0 spiro atoms. The van der Waals surface area contributed by atoms with E-state index in [2.05, 4.69) is 11.2 Å². The number of rotatable bonds is 7. The summed E-state index contributed by atoms with van der Waals surface area (Å²) in [6.07, 6.45) is 7.98. The lowest BCUT2D eigenvalue weighted by molar-refractivity contribution is 0.0661. The second-order valence-corrected chi connectivity index (χ2v) is 3.84. The van der Waals surface area contributed by atoms with Crippen LogP contribution in [-0.2, 0) is 6.54 Å². The van der Waals surface area contributed by atoms with Crippen LogP contribution >= 0.6 is 0 Å². The van der Waals surface area contributed by atoms with Gasteiger partial charge in [0.1, 0.15) is 5.76 Å². The van der Waals surface area contributed by atoms with Crippen LogP contribution < -0.4 is 5.32 Å². The van der Waals surface area contributed by atoms with E-state index in [1.54, 1.807) is 13.0 Å². The van der Waals surface area contributed by atoms with E-state index in [0.717, 1.165) is 31.4 Å². The van der Waals surface area contributed by atoms with Crippen molar-refractivity contribution in [3.8, 4) is 12.3 Å². The third kappa shape index (κ3) is 4.33. The Labute approximate surface area is 101 Å². The molecule has 0 saturated heterocycles. The van der Waals surface area contributed by atoms with Crippen molar-refractivity contribution in [3.63, 3.8) is 0 Å². The first-order valence-electron chi connectivity index (χ1n) is 5.62. The minimum Gasteiger partial charge on any atom is -0.475 e. The molecule has 0 aliphatic heterocycles. The zero-order valence-electron chi connectivity index (χ0n) is 9.95. The van der Waals surface area contributed by atoms with E-state index in [0.29, 0.717) is 12.3 Å². The second kappa shape index (κ2) is 6.77. The van der Waals surface area contributed by atoms with E-state index >= 15 is 0 Å². The molecule has 1 rings (SSSR count). The van der Waals surface area contributed by atoms with Crippen LogP contribution in [0.2, 0.25) is 0 Å². The molecule has 0 bridgehead atoms. The van der Waals surface area contributed by atoms with Crippen molar-refractivity contribution in [1.82, 2.24) is 5.32 Å². The SMILES string of the molecule is C#CCCCCNCc1cc(C(=O)O)oc1C. The van der Waals surface area contributed by atoms with Gasteiger partial charge in [-0.25, -0.2) is 4.79 Å². The fraction of sp³-hybridized carbons (Fsp3) is 0.462. The van der Waals surface area contributed by atoms with Crippen molar-refractivity contribution in [3.05, 3.63) is 23.2 Å². The average Bonchev–Trinajstić information content (AvgIpc) is 2.65. The Morgan fingerprint density at radius 2 is 2.35 bits per heavy atom. The Hall–Kier alpha value is -1.73. The molecule has 4 nitrogen and oxygen atoms in total. The molecular weight excluding hydrogens is 218 g/mol. The van der Waals surface area contributed by atoms with Gasteiger partial charge in [0.25, 0.3) is 0 Å². The zero-order valence-corrected chi connectivity index (χ0v) is 9.95. The van der Waals surface area contributed by atoms with Gasteiger partial charge >= 0.3 is 5.97 Å². The van der Waals surface area contributed by atoms with Gasteiger partial charge in [0.2, 0.25) is 5.76 Å². The van der Waals surface area contributed by atoms with Crippen LogP contribution in [0.5, 0.6) is 0 Å². The highest BCUT2D eigenvalue weighted by Crippen LogP contribution is 2.14. The zero-order chi connectivity index (χ0) is 12.7. The number of aryl methyl sites for hydroxylation is 1. The largest absolute Gasteiger partial charge is 0.475 e. The Bertz CT molecular complexity index is 415. The molecular formula is C13H17NO3. The van der Waals surface area contributed by atoms with Crippen molar-refractivity contribution in [2.75, 3.05) is 6.54 Å². The maximum absolute atomic E-state index is 10.7. The summed E-state index contributed by atoms with van der Waals surface area (Å²) in [5.41, 5.74) is 0.888. The second-order valence-electron chi connectivity index (χ2n) is 3.84. The molecule has 1 aromatic heterocycles. The lowest BCUT2D eigenvalue weighted by atomic mass is 10.2. The molecule has 0 aliphatic carbocycles. The number of nitrogens with one attached hydrogen (secondary N) is 1. The number of unbranched alkanes of at least 4 members (excludes halogenated alkanes) is 2. The first-order chi connectivity index (χ1) is 8.15. The molecule has 17 heavy (non-hydrogen) atoms. The van der Waals surface area contributed by atoms with Crippen molar-refractivity contribution in [2.45, 2.75) is 32.7 Å². The van der Waals surface area contributed by atoms with Crippen LogP contribution in [-0.4, -0.2) is 17.6 Å². The molecule has 1 aromatic rings. The topological polar surface area (TPSA) is 62.5 Å². The van der Waals surface area contributed by atoms with Crippen molar-refractivity contribution < 1.29 is 14.3 Å². The Morgan fingerprint density at radius 3 is 2.94 bits per heavy atom. The monoisotopic (exact) mass is 235 g/mol. The Morgan fingerprint density at radius 1 is 1.59 bits per heavy atom. The normalized spacial score (nSPS) is 10.1. The minimum atomic E-state index is -1.03. The molecule has 0 amide bonds. The van der Waals surface area contributed by atoms with Gasteiger partial charge in [-0.3, -0.25) is 0 Å². The highest BCUT2D eigenvalue weighted by molar-refractivity contribution is 5.84. The third-order valence-electron chi connectivity index (χ3n) is 2.47. The van der Waals surface area contributed by atoms with Gasteiger partial charge in [-0.05, 0) is 32.4 Å². The van der Waals surface area contributed by atoms with Crippen LogP contribution in [0.3, 0.4) is 0 Å². The molecule has 92 valence electrons. The van der Waals surface area contributed by atoms with E-state index < -0.39 is 5.97 Å². The van der Waals surface area contributed by atoms with E-state index in [9.17, 15) is 4.79 Å². The standard InChI is InChI=1S/C13H17NO3/c1-3-4-5-6-7-14-9-11-8-12(13(15)16)17-10(11)2/h1,8,14H,4-7,9H2,2H3,(H,15,16). The summed E-state index contributed by atoms with van der Waals surface area (Å²) in [7, 11) is 0. The first-order valence-corrected chi connectivity index (χ1v) is 5.62. The first kappa shape index (κ1) is 13.3. The molecule has 4 heteroatoms. The van der Waals surface area contributed by atoms with Gasteiger partial charge < -0.3 is 14.8 Å². The predicted molar refractivity (Wildman–Crippen MR) is 64.8 cm³/mol. The van der Waals surface area contributed by atoms with Crippen LogP contribution in [0.4, 0.5) is 0 Å². The summed E-state index contributed by atoms with van der Waals surface area (Å²) in [5, 5.41) is 12.0. The Kier molecular flexibility index (Phi) is 5.31. The molecule has 0 atom stereocenters. The highest BCUT2D eigenvalue weighted by Gasteiger charge is 2.12. The van der Waals surface area contributed by atoms with Crippen LogP contribution in [0.15, 0.2) is 10.5 Å². The van der Waals surface area contributed by atoms with Crippen molar-refractivity contribution >= 4 is 5.97 Å². The lowest BCUT2D eigenvalue weighted by Gasteiger charge is -2.02. The number of carbonyl (C=O) groups is 1. The number of terminal acetylenes is 1. The predicted octanol–water partition coefficient (Wildman–Crippen LogP) is 2.18. The minimum absolute atomic E-state index is 0.00775. The molecule has 0 aliphatic rings. The summed E-state index contributed by atoms with van der Waals surface area (Å²) >= 11 is 0. The number of carboxylic acids is 1. The van der Waals surface area contributed by atoms with Crippen LogP contribution in [0, 0.1) is 19.3 Å². The maximum atomic E-state index is 10.7. The summed E-state index contributed by atoms with van der Waals surface area (Å²) in [5.74, 6) is 2.20. The van der Waals surface area contributed by atoms with Crippen molar-refractivity contribution in [2.24, 2.45) is 0 Å². The summed E-state index contributed by atoms with van der Waals surface area (Å²) in [4.78, 5) is 10.7. The number of hydrogen-bond donors (Lipinski definition) is 2. The van der Waals surface area contributed by atoms with E-state index in [1.807, 2.05) is 0 Å². The third-order valence-corrected chi connectivity index (χ3v) is 2.47. The number of carboxylic acid groups (broad SMARTS) is 1. The molecule has 0 radical (unpaired) electrons. The lowest BCUT2D eigenvalue weighted by Crippen LogP contribution is -2.14. The van der Waals surface area contributed by atoms with Gasteiger partial charge in [0, 0.05) is 18.5 Å². The van der Waals surface area contributed by atoms with Crippen LogP contribution in [0.25, 0.3) is 0 Å². The summed E-state index contributed by atoms with van der Waals surface area (Å²) in [6, 6.07) is 1.56. The van der Waals surface area contributed by atoms with Gasteiger partial charge in [0.05, 0.1) is 0 Å². The van der Waals surface area contributed by atoms with E-state index in [1.165, 1.54) is 0 Å². The molecule has 2 N–H and O–H groups in total. The quantitative estimate of drug-likeness (QED) is 0.561. The number of hydrogen-bond acceptors (Lipinski definition) is 3. The highest BCUT2D eigenvalue weighted by atomic mass is 16.4. The average molecular weight is 235 g/mol. The van der Waals surface area contributed by atoms with E-state index in [4.69, 9.17) is 15.9 Å². The number of furan rings is 1. The van der Waals surface area contributed by atoms with Crippen LogP contribution in [0.1, 0.15) is 41.1 Å². The molecule has 0 unspecified atom stereocenters. The van der Waals surface area contributed by atoms with Gasteiger partial charge in [-0.15, -0.1) is 12.3 Å². The maximum Gasteiger partial charge on any atom is 0.371 e. The smallest absolute Gasteiger partial charge is 0.371 e. The van der Waals surface area contributed by atoms with Crippen molar-refractivity contribution in [1.29, 1.82) is 0 Å². The van der Waals surface area contributed by atoms with Gasteiger partial charge in [0.15, 0.2) is 0 Å². The fourth-order valence-corrected chi connectivity index (χ4v) is 1.50. The molecule has 1 heterocycles. The summed E-state index contributed by atoms with van der Waals surface area (Å²) < 4.78 is 5.11.